The van der Waals surface area contributed by atoms with Crippen molar-refractivity contribution in [3.8, 4) is 5.75 Å². The van der Waals surface area contributed by atoms with Crippen LogP contribution in [-0.4, -0.2) is 17.2 Å². The molecule has 114 valence electrons. The Morgan fingerprint density at radius 1 is 1.29 bits per heavy atom. The van der Waals surface area contributed by atoms with E-state index in [1.165, 1.54) is 12.5 Å². The highest BCUT2D eigenvalue weighted by molar-refractivity contribution is 6.30. The molecule has 0 aromatic heterocycles. The van der Waals surface area contributed by atoms with Gasteiger partial charge in [0.15, 0.2) is 0 Å². The average Bonchev–Trinajstić information content (AvgIpc) is 2.37. The monoisotopic (exact) mass is 308 g/mol. The first kappa shape index (κ1) is 15.9. The van der Waals surface area contributed by atoms with Gasteiger partial charge in [0.25, 0.3) is 0 Å². The lowest BCUT2D eigenvalue weighted by Gasteiger charge is -2.32. The van der Waals surface area contributed by atoms with Crippen LogP contribution in [0, 0.1) is 11.8 Å². The maximum atomic E-state index is 10.7. The van der Waals surface area contributed by atoms with Gasteiger partial charge in [0.1, 0.15) is 5.75 Å². The molecule has 4 heteroatoms. The van der Waals surface area contributed by atoms with Gasteiger partial charge in [-0.25, -0.2) is 4.79 Å². The summed E-state index contributed by atoms with van der Waals surface area (Å²) in [5.74, 6) is 1.03. The van der Waals surface area contributed by atoms with Crippen LogP contribution in [0.25, 0.3) is 6.08 Å². The molecular formula is C17H21ClO3. The summed E-state index contributed by atoms with van der Waals surface area (Å²) in [6, 6.07) is 5.31. The normalized spacial score (nSPS) is 26.0. The topological polar surface area (TPSA) is 46.5 Å². The highest BCUT2D eigenvalue weighted by atomic mass is 35.5. The molecule has 0 bridgehead atoms. The lowest BCUT2D eigenvalue weighted by atomic mass is 9.82. The van der Waals surface area contributed by atoms with Gasteiger partial charge >= 0.3 is 5.97 Å². The third-order valence-electron chi connectivity index (χ3n) is 3.81. The fraction of sp³-hybridized carbons (Fsp3) is 0.471. The Bertz CT molecular complexity index is 529. The van der Waals surface area contributed by atoms with Crippen LogP contribution < -0.4 is 4.74 Å². The van der Waals surface area contributed by atoms with E-state index in [0.29, 0.717) is 28.2 Å². The molecule has 2 rings (SSSR count). The number of carboxylic acid groups (broad SMARTS) is 1. The van der Waals surface area contributed by atoms with E-state index in [2.05, 4.69) is 13.8 Å². The molecule has 1 fully saturated rings. The van der Waals surface area contributed by atoms with E-state index >= 15 is 0 Å². The number of carbonyl (C=O) groups is 1. The average molecular weight is 309 g/mol. The van der Waals surface area contributed by atoms with Crippen LogP contribution >= 0.6 is 11.6 Å². The lowest BCUT2D eigenvalue weighted by Crippen LogP contribution is -2.28. The van der Waals surface area contributed by atoms with Crippen molar-refractivity contribution in [1.29, 1.82) is 0 Å². The lowest BCUT2D eigenvalue weighted by molar-refractivity contribution is -0.131. The van der Waals surface area contributed by atoms with Crippen LogP contribution in [0.2, 0.25) is 5.02 Å². The largest absolute Gasteiger partial charge is 0.490 e. The quantitative estimate of drug-likeness (QED) is 0.824. The Morgan fingerprint density at radius 2 is 1.95 bits per heavy atom. The Labute approximate surface area is 130 Å². The first-order valence-corrected chi connectivity index (χ1v) is 7.69. The fourth-order valence-electron chi connectivity index (χ4n) is 3.07. The number of carboxylic acids is 1. The zero-order valence-corrected chi connectivity index (χ0v) is 13.1. The minimum absolute atomic E-state index is 0.182. The van der Waals surface area contributed by atoms with Crippen molar-refractivity contribution >= 4 is 23.6 Å². The molecule has 0 heterocycles. The summed E-state index contributed by atoms with van der Waals surface area (Å²) in [6.07, 6.45) is 6.13. The van der Waals surface area contributed by atoms with Crippen LogP contribution in [0.1, 0.15) is 38.7 Å². The predicted molar refractivity (Wildman–Crippen MR) is 84.7 cm³/mol. The number of halogens is 1. The van der Waals surface area contributed by atoms with Gasteiger partial charge in [0.05, 0.1) is 6.10 Å². The number of ether oxygens (including phenoxy) is 1. The van der Waals surface area contributed by atoms with Crippen molar-refractivity contribution < 1.29 is 14.6 Å². The summed E-state index contributed by atoms with van der Waals surface area (Å²) in [5, 5.41) is 9.33. The second kappa shape index (κ2) is 6.99. The minimum Gasteiger partial charge on any atom is -0.490 e. The smallest absolute Gasteiger partial charge is 0.328 e. The number of hydrogen-bond donors (Lipinski definition) is 1. The molecule has 1 N–H and O–H groups in total. The van der Waals surface area contributed by atoms with Gasteiger partial charge < -0.3 is 9.84 Å². The van der Waals surface area contributed by atoms with Crippen LogP contribution in [0.15, 0.2) is 24.3 Å². The molecule has 21 heavy (non-hydrogen) atoms. The fourth-order valence-corrected chi connectivity index (χ4v) is 3.25. The molecule has 2 atom stereocenters. The summed E-state index contributed by atoms with van der Waals surface area (Å²) < 4.78 is 6.11. The molecule has 2 unspecified atom stereocenters. The van der Waals surface area contributed by atoms with Gasteiger partial charge in [-0.2, -0.15) is 0 Å². The van der Waals surface area contributed by atoms with E-state index < -0.39 is 5.97 Å². The van der Waals surface area contributed by atoms with E-state index in [4.69, 9.17) is 21.4 Å². The van der Waals surface area contributed by atoms with E-state index in [0.717, 1.165) is 18.9 Å². The molecule has 0 aliphatic heterocycles. The number of hydrogen-bond acceptors (Lipinski definition) is 2. The molecule has 0 saturated heterocycles. The van der Waals surface area contributed by atoms with Gasteiger partial charge in [-0.1, -0.05) is 25.4 Å². The Hall–Kier alpha value is -1.48. The Kier molecular flexibility index (Phi) is 5.29. The molecule has 3 nitrogen and oxygen atoms in total. The third kappa shape index (κ3) is 4.78. The van der Waals surface area contributed by atoms with E-state index in [1.54, 1.807) is 12.1 Å². The Morgan fingerprint density at radius 3 is 2.57 bits per heavy atom. The van der Waals surface area contributed by atoms with Gasteiger partial charge in [-0.3, -0.25) is 0 Å². The van der Waals surface area contributed by atoms with Gasteiger partial charge in [-0.05, 0) is 55.4 Å². The molecule has 0 spiro atoms. The van der Waals surface area contributed by atoms with Crippen molar-refractivity contribution in [3.05, 3.63) is 34.9 Å². The number of rotatable bonds is 4. The van der Waals surface area contributed by atoms with E-state index in [9.17, 15) is 4.79 Å². The highest BCUT2D eigenvalue weighted by Gasteiger charge is 2.25. The SMILES string of the molecule is CC1CC(C)CC(Oc2ccc(Cl)cc2C=CC(=O)O)C1. The molecule has 0 radical (unpaired) electrons. The number of aliphatic carboxylic acids is 1. The van der Waals surface area contributed by atoms with Crippen molar-refractivity contribution in [1.82, 2.24) is 0 Å². The van der Waals surface area contributed by atoms with Crippen LogP contribution in [0.3, 0.4) is 0 Å². The van der Waals surface area contributed by atoms with Gasteiger partial charge in [-0.15, -0.1) is 0 Å². The van der Waals surface area contributed by atoms with Crippen LogP contribution in [0.5, 0.6) is 5.75 Å². The predicted octanol–water partition coefficient (Wildman–Crippen LogP) is 4.64. The summed E-state index contributed by atoms with van der Waals surface area (Å²) in [5.41, 5.74) is 0.704. The third-order valence-corrected chi connectivity index (χ3v) is 4.04. The molecule has 1 aliphatic carbocycles. The molecule has 1 aliphatic rings. The summed E-state index contributed by atoms with van der Waals surface area (Å²) in [6.45, 7) is 4.50. The molecule has 1 aromatic carbocycles. The van der Waals surface area contributed by atoms with Crippen molar-refractivity contribution in [2.75, 3.05) is 0 Å². The van der Waals surface area contributed by atoms with E-state index in [-0.39, 0.29) is 6.10 Å². The second-order valence-corrected chi connectivity index (χ2v) is 6.45. The zero-order chi connectivity index (χ0) is 15.4. The minimum atomic E-state index is -0.985. The summed E-state index contributed by atoms with van der Waals surface area (Å²) >= 11 is 5.98. The second-order valence-electron chi connectivity index (χ2n) is 6.01. The zero-order valence-electron chi connectivity index (χ0n) is 12.4. The molecule has 0 amide bonds. The first-order valence-electron chi connectivity index (χ1n) is 7.31. The molecular weight excluding hydrogens is 288 g/mol. The van der Waals surface area contributed by atoms with Crippen molar-refractivity contribution in [2.24, 2.45) is 11.8 Å². The van der Waals surface area contributed by atoms with Crippen LogP contribution in [-0.2, 0) is 4.79 Å². The van der Waals surface area contributed by atoms with E-state index in [1.807, 2.05) is 6.07 Å². The van der Waals surface area contributed by atoms with Crippen molar-refractivity contribution in [3.63, 3.8) is 0 Å². The first-order chi connectivity index (χ1) is 9.94. The van der Waals surface area contributed by atoms with Gasteiger partial charge in [0, 0.05) is 16.7 Å². The maximum absolute atomic E-state index is 10.7. The standard InChI is InChI=1S/C17H21ClO3/c1-11-7-12(2)9-15(8-11)21-16-5-4-14(18)10-13(16)3-6-17(19)20/h3-6,10-12,15H,7-9H2,1-2H3,(H,19,20). The Balaban J connectivity index is 2.17. The van der Waals surface area contributed by atoms with Gasteiger partial charge in [0.2, 0.25) is 0 Å². The highest BCUT2D eigenvalue weighted by Crippen LogP contribution is 2.33. The summed E-state index contributed by atoms with van der Waals surface area (Å²) in [4.78, 5) is 10.7. The number of benzene rings is 1. The van der Waals surface area contributed by atoms with Crippen molar-refractivity contribution in [2.45, 2.75) is 39.2 Å². The van der Waals surface area contributed by atoms with Crippen LogP contribution in [0.4, 0.5) is 0 Å². The summed E-state index contributed by atoms with van der Waals surface area (Å²) in [7, 11) is 0. The molecule has 1 aromatic rings. The maximum Gasteiger partial charge on any atom is 0.328 e. The molecule has 1 saturated carbocycles.